The van der Waals surface area contributed by atoms with Crippen LogP contribution >= 0.6 is 0 Å². The fourth-order valence-corrected chi connectivity index (χ4v) is 3.84. The van der Waals surface area contributed by atoms with E-state index < -0.39 is 17.9 Å². The fourth-order valence-electron chi connectivity index (χ4n) is 3.84. The minimum Gasteiger partial charge on any atom is -0.497 e. The Kier molecular flexibility index (Phi) is 8.34. The Morgan fingerprint density at radius 1 is 1.12 bits per heavy atom. The molecule has 9 nitrogen and oxygen atoms in total. The highest BCUT2D eigenvalue weighted by molar-refractivity contribution is 6.00. The van der Waals surface area contributed by atoms with Crippen molar-refractivity contribution < 1.29 is 33.7 Å². The average Bonchev–Trinajstić information content (AvgIpc) is 3.23. The molecule has 1 fully saturated rings. The summed E-state index contributed by atoms with van der Waals surface area (Å²) in [6, 6.07) is 11.3. The first-order valence-electron chi connectivity index (χ1n) is 11.1. The fraction of sp³-hybridized carbons (Fsp3) is 0.400. The summed E-state index contributed by atoms with van der Waals surface area (Å²) in [5.74, 6) is -0.525. The third kappa shape index (κ3) is 5.98. The van der Waals surface area contributed by atoms with Crippen LogP contribution < -0.4 is 24.4 Å². The van der Waals surface area contributed by atoms with E-state index in [1.165, 1.54) is 7.11 Å². The van der Waals surface area contributed by atoms with Crippen molar-refractivity contribution in [1.29, 1.82) is 0 Å². The number of anilines is 1. The summed E-state index contributed by atoms with van der Waals surface area (Å²) in [6.45, 7) is 2.72. The Labute approximate surface area is 198 Å². The van der Waals surface area contributed by atoms with Gasteiger partial charge in [-0.2, -0.15) is 0 Å². The SMILES string of the molecule is CCCOc1ccc(C(CC(=O)O)NC(=O)C2CC(=O)N(c3ccc(OC)cc3)C2)cc1OC. The van der Waals surface area contributed by atoms with Gasteiger partial charge in [0.15, 0.2) is 11.5 Å². The van der Waals surface area contributed by atoms with Gasteiger partial charge in [0, 0.05) is 18.7 Å². The van der Waals surface area contributed by atoms with Gasteiger partial charge < -0.3 is 29.5 Å². The van der Waals surface area contributed by atoms with E-state index in [9.17, 15) is 19.5 Å². The van der Waals surface area contributed by atoms with Crippen molar-refractivity contribution in [2.45, 2.75) is 32.2 Å². The van der Waals surface area contributed by atoms with Crippen molar-refractivity contribution in [3.63, 3.8) is 0 Å². The van der Waals surface area contributed by atoms with E-state index in [-0.39, 0.29) is 31.2 Å². The van der Waals surface area contributed by atoms with Gasteiger partial charge in [0.05, 0.1) is 39.2 Å². The molecule has 1 aliphatic heterocycles. The lowest BCUT2D eigenvalue weighted by molar-refractivity contribution is -0.138. The maximum atomic E-state index is 13.0. The number of nitrogens with zero attached hydrogens (tertiary/aromatic N) is 1. The van der Waals surface area contributed by atoms with Crippen LogP contribution in [0.3, 0.4) is 0 Å². The summed E-state index contributed by atoms with van der Waals surface area (Å²) in [6.07, 6.45) is 0.563. The van der Waals surface area contributed by atoms with Crippen molar-refractivity contribution in [1.82, 2.24) is 5.32 Å². The molecule has 9 heteroatoms. The molecule has 0 radical (unpaired) electrons. The summed E-state index contributed by atoms with van der Waals surface area (Å²) in [4.78, 5) is 38.7. The molecule has 2 N–H and O–H groups in total. The van der Waals surface area contributed by atoms with Gasteiger partial charge in [-0.1, -0.05) is 13.0 Å². The number of methoxy groups -OCH3 is 2. The lowest BCUT2D eigenvalue weighted by Gasteiger charge is -2.21. The Hall–Kier alpha value is -3.75. The van der Waals surface area contributed by atoms with Crippen molar-refractivity contribution in [3.8, 4) is 17.2 Å². The molecule has 0 bridgehead atoms. The maximum absolute atomic E-state index is 13.0. The zero-order valence-electron chi connectivity index (χ0n) is 19.6. The van der Waals surface area contributed by atoms with Crippen LogP contribution in [0.1, 0.15) is 37.8 Å². The minimum absolute atomic E-state index is 0.0464. The summed E-state index contributed by atoms with van der Waals surface area (Å²) in [7, 11) is 3.06. The summed E-state index contributed by atoms with van der Waals surface area (Å²) < 4.78 is 16.2. The third-order valence-electron chi connectivity index (χ3n) is 5.63. The Morgan fingerprint density at radius 3 is 2.47 bits per heavy atom. The number of hydrogen-bond acceptors (Lipinski definition) is 6. The van der Waals surface area contributed by atoms with Crippen LogP contribution in [0.25, 0.3) is 0 Å². The molecule has 0 spiro atoms. The number of hydrogen-bond donors (Lipinski definition) is 2. The average molecular weight is 471 g/mol. The van der Waals surface area contributed by atoms with E-state index in [1.807, 2.05) is 6.92 Å². The van der Waals surface area contributed by atoms with Crippen molar-refractivity contribution in [3.05, 3.63) is 48.0 Å². The second-order valence-electron chi connectivity index (χ2n) is 8.02. The first-order valence-corrected chi connectivity index (χ1v) is 11.1. The predicted molar refractivity (Wildman–Crippen MR) is 125 cm³/mol. The molecule has 2 aromatic rings. The Morgan fingerprint density at radius 2 is 1.85 bits per heavy atom. The van der Waals surface area contributed by atoms with E-state index in [0.717, 1.165) is 6.42 Å². The second-order valence-corrected chi connectivity index (χ2v) is 8.02. The largest absolute Gasteiger partial charge is 0.497 e. The van der Waals surface area contributed by atoms with Gasteiger partial charge in [0.1, 0.15) is 5.75 Å². The molecule has 0 aliphatic carbocycles. The number of nitrogens with one attached hydrogen (secondary N) is 1. The van der Waals surface area contributed by atoms with E-state index >= 15 is 0 Å². The molecular formula is C25H30N2O7. The second kappa shape index (κ2) is 11.4. The summed E-state index contributed by atoms with van der Waals surface area (Å²) >= 11 is 0. The molecule has 2 unspecified atom stereocenters. The van der Waals surface area contributed by atoms with E-state index in [0.29, 0.717) is 35.1 Å². The molecule has 3 rings (SSSR count). The number of carboxylic acids is 1. The van der Waals surface area contributed by atoms with E-state index in [4.69, 9.17) is 14.2 Å². The molecular weight excluding hydrogens is 440 g/mol. The molecule has 1 heterocycles. The van der Waals surface area contributed by atoms with Crippen molar-refractivity contribution in [2.75, 3.05) is 32.3 Å². The van der Waals surface area contributed by atoms with Gasteiger partial charge in [-0.3, -0.25) is 14.4 Å². The van der Waals surface area contributed by atoms with Gasteiger partial charge >= 0.3 is 5.97 Å². The van der Waals surface area contributed by atoms with E-state index in [1.54, 1.807) is 54.5 Å². The molecule has 182 valence electrons. The highest BCUT2D eigenvalue weighted by atomic mass is 16.5. The van der Waals surface area contributed by atoms with Crippen molar-refractivity contribution >= 4 is 23.5 Å². The van der Waals surface area contributed by atoms with E-state index in [2.05, 4.69) is 5.32 Å². The smallest absolute Gasteiger partial charge is 0.305 e. The zero-order chi connectivity index (χ0) is 24.7. The molecule has 34 heavy (non-hydrogen) atoms. The number of ether oxygens (including phenoxy) is 3. The van der Waals surface area contributed by atoms with Crippen LogP contribution in [-0.4, -0.2) is 50.3 Å². The van der Waals surface area contributed by atoms with Crippen LogP contribution in [0.15, 0.2) is 42.5 Å². The monoisotopic (exact) mass is 470 g/mol. The number of rotatable bonds is 11. The Bertz CT molecular complexity index is 1020. The number of carbonyl (C=O) groups excluding carboxylic acids is 2. The maximum Gasteiger partial charge on any atom is 0.305 e. The predicted octanol–water partition coefficient (Wildman–Crippen LogP) is 3.18. The molecule has 2 amide bonds. The number of carboxylic acid groups (broad SMARTS) is 1. The number of carbonyl (C=O) groups is 3. The lowest BCUT2D eigenvalue weighted by atomic mass is 10.0. The van der Waals surface area contributed by atoms with Crippen LogP contribution in [0.2, 0.25) is 0 Å². The molecule has 2 atom stereocenters. The highest BCUT2D eigenvalue weighted by Gasteiger charge is 2.36. The number of amides is 2. The standard InChI is InChI=1S/C25H30N2O7/c1-4-11-34-21-10-5-16(12-22(21)33-3)20(14-24(29)30)26-25(31)17-13-23(28)27(15-17)18-6-8-19(32-2)9-7-18/h5-10,12,17,20H,4,11,13-15H2,1-3H3,(H,26,31)(H,29,30). The molecule has 1 aliphatic rings. The molecule has 0 saturated carbocycles. The lowest BCUT2D eigenvalue weighted by Crippen LogP contribution is -2.36. The Balaban J connectivity index is 1.74. The minimum atomic E-state index is -1.06. The van der Waals surface area contributed by atoms with Crippen LogP contribution in [0.5, 0.6) is 17.2 Å². The summed E-state index contributed by atoms with van der Waals surface area (Å²) in [5, 5.41) is 12.2. The molecule has 1 saturated heterocycles. The normalized spacial score (nSPS) is 16.1. The number of aliphatic carboxylic acids is 1. The highest BCUT2D eigenvalue weighted by Crippen LogP contribution is 2.32. The zero-order valence-corrected chi connectivity index (χ0v) is 19.6. The van der Waals surface area contributed by atoms with Gasteiger partial charge in [0.2, 0.25) is 11.8 Å². The quantitative estimate of drug-likeness (QED) is 0.518. The first kappa shape index (κ1) is 24.9. The third-order valence-corrected chi connectivity index (χ3v) is 5.63. The number of benzene rings is 2. The van der Waals surface area contributed by atoms with Gasteiger partial charge in [-0.15, -0.1) is 0 Å². The van der Waals surface area contributed by atoms with Crippen LogP contribution in [-0.2, 0) is 14.4 Å². The van der Waals surface area contributed by atoms with Crippen molar-refractivity contribution in [2.24, 2.45) is 5.92 Å². The first-order chi connectivity index (χ1) is 16.4. The van der Waals surface area contributed by atoms with Crippen LogP contribution in [0, 0.1) is 5.92 Å². The van der Waals surface area contributed by atoms with Gasteiger partial charge in [-0.25, -0.2) is 0 Å². The molecule has 0 aromatic heterocycles. The summed E-state index contributed by atoms with van der Waals surface area (Å²) in [5.41, 5.74) is 1.25. The molecule has 2 aromatic carbocycles. The topological polar surface area (TPSA) is 114 Å². The van der Waals surface area contributed by atoms with Gasteiger partial charge in [0.25, 0.3) is 0 Å². The van der Waals surface area contributed by atoms with Crippen LogP contribution in [0.4, 0.5) is 5.69 Å². The van der Waals surface area contributed by atoms with Gasteiger partial charge in [-0.05, 0) is 48.4 Å².